The van der Waals surface area contributed by atoms with Crippen LogP contribution in [0.2, 0.25) is 0 Å². The van der Waals surface area contributed by atoms with Crippen LogP contribution in [0.5, 0.6) is 0 Å². The molecule has 0 aliphatic carbocycles. The van der Waals surface area contributed by atoms with Crippen molar-refractivity contribution >= 4 is 23.2 Å². The number of furan rings is 1. The Kier molecular flexibility index (Phi) is 3.55. The molecular formula is C18H13FN4O. The highest BCUT2D eigenvalue weighted by Gasteiger charge is 2.08. The number of hydrogen-bond acceptors (Lipinski definition) is 4. The molecule has 0 amide bonds. The van der Waals surface area contributed by atoms with Crippen LogP contribution in [0.3, 0.4) is 0 Å². The predicted molar refractivity (Wildman–Crippen MR) is 91.4 cm³/mol. The number of nitrogens with zero attached hydrogens (tertiary/aromatic N) is 2. The quantitative estimate of drug-likeness (QED) is 0.432. The molecule has 6 heteroatoms. The van der Waals surface area contributed by atoms with Crippen LogP contribution in [-0.2, 0) is 0 Å². The third-order valence-corrected chi connectivity index (χ3v) is 3.52. The van der Waals surface area contributed by atoms with Crippen LogP contribution in [-0.4, -0.2) is 16.2 Å². The van der Waals surface area contributed by atoms with Gasteiger partial charge >= 0.3 is 0 Å². The second-order valence-corrected chi connectivity index (χ2v) is 5.15. The molecule has 2 heterocycles. The normalized spacial score (nSPS) is 11.4. The number of imidazole rings is 1. The molecule has 2 aromatic heterocycles. The van der Waals surface area contributed by atoms with E-state index in [0.717, 1.165) is 11.0 Å². The fraction of sp³-hybridized carbons (Fsp3) is 0. The molecule has 0 saturated carbocycles. The zero-order valence-electron chi connectivity index (χ0n) is 12.5. The monoisotopic (exact) mass is 320 g/mol. The fourth-order valence-corrected chi connectivity index (χ4v) is 2.39. The summed E-state index contributed by atoms with van der Waals surface area (Å²) in [5, 5.41) is 4.08. The molecule has 0 fully saturated rings. The first kappa shape index (κ1) is 14.2. The first-order chi connectivity index (χ1) is 11.8. The van der Waals surface area contributed by atoms with Crippen molar-refractivity contribution in [2.24, 2.45) is 5.10 Å². The molecule has 0 spiro atoms. The minimum atomic E-state index is -0.323. The molecule has 4 aromatic rings. The molecule has 4 rings (SSSR count). The highest BCUT2D eigenvalue weighted by Crippen LogP contribution is 2.24. The standard InChI is InChI=1S/C18H13FN4O/c19-14-6-2-1-5-13(14)17-10-9-12(24-17)11-20-23-18-21-15-7-3-4-8-16(15)22-18/h1-11H,(H2,21,22,23). The zero-order valence-corrected chi connectivity index (χ0v) is 12.5. The van der Waals surface area contributed by atoms with Crippen molar-refractivity contribution in [3.8, 4) is 11.3 Å². The fourth-order valence-electron chi connectivity index (χ4n) is 2.39. The molecule has 0 atom stereocenters. The van der Waals surface area contributed by atoms with E-state index in [-0.39, 0.29) is 5.82 Å². The maximum atomic E-state index is 13.7. The number of aromatic nitrogens is 2. The average Bonchev–Trinajstić information content (AvgIpc) is 3.22. The Balaban J connectivity index is 1.49. The number of hydrogen-bond donors (Lipinski definition) is 2. The highest BCUT2D eigenvalue weighted by atomic mass is 19.1. The molecule has 0 aliphatic heterocycles. The minimum absolute atomic E-state index is 0.323. The van der Waals surface area contributed by atoms with Gasteiger partial charge in [0.05, 0.1) is 22.8 Å². The van der Waals surface area contributed by atoms with Gasteiger partial charge in [-0.3, -0.25) is 0 Å². The maximum absolute atomic E-state index is 13.7. The van der Waals surface area contributed by atoms with Crippen LogP contribution in [0.1, 0.15) is 5.76 Å². The number of rotatable bonds is 4. The second kappa shape index (κ2) is 6.00. The number of fused-ring (bicyclic) bond motifs is 1. The summed E-state index contributed by atoms with van der Waals surface area (Å²) in [6.07, 6.45) is 1.51. The summed E-state index contributed by atoms with van der Waals surface area (Å²) in [6, 6.07) is 17.6. The molecule has 0 radical (unpaired) electrons. The van der Waals surface area contributed by atoms with Gasteiger partial charge in [-0.2, -0.15) is 5.10 Å². The van der Waals surface area contributed by atoms with Gasteiger partial charge < -0.3 is 9.40 Å². The Bertz CT molecular complexity index is 985. The van der Waals surface area contributed by atoms with Gasteiger partial charge in [-0.1, -0.05) is 24.3 Å². The molecule has 0 bridgehead atoms. The van der Waals surface area contributed by atoms with E-state index in [1.807, 2.05) is 24.3 Å². The first-order valence-electron chi connectivity index (χ1n) is 7.38. The highest BCUT2D eigenvalue weighted by molar-refractivity contribution is 5.79. The Morgan fingerprint density at radius 1 is 1.04 bits per heavy atom. The van der Waals surface area contributed by atoms with E-state index in [1.165, 1.54) is 12.3 Å². The largest absolute Gasteiger partial charge is 0.455 e. The van der Waals surface area contributed by atoms with Gasteiger partial charge in [0.15, 0.2) is 0 Å². The molecule has 24 heavy (non-hydrogen) atoms. The van der Waals surface area contributed by atoms with Crippen molar-refractivity contribution in [2.45, 2.75) is 0 Å². The molecule has 2 N–H and O–H groups in total. The maximum Gasteiger partial charge on any atom is 0.222 e. The lowest BCUT2D eigenvalue weighted by molar-refractivity contribution is 0.563. The van der Waals surface area contributed by atoms with Crippen LogP contribution in [0.25, 0.3) is 22.4 Å². The summed E-state index contributed by atoms with van der Waals surface area (Å²) >= 11 is 0. The van der Waals surface area contributed by atoms with E-state index in [0.29, 0.717) is 23.0 Å². The molecule has 0 aliphatic rings. The summed E-state index contributed by atoms with van der Waals surface area (Å²) < 4.78 is 19.3. The number of benzene rings is 2. The van der Waals surface area contributed by atoms with Crippen LogP contribution in [0.15, 0.2) is 70.2 Å². The molecule has 118 valence electrons. The van der Waals surface area contributed by atoms with Crippen molar-refractivity contribution in [3.63, 3.8) is 0 Å². The Morgan fingerprint density at radius 2 is 1.88 bits per heavy atom. The Morgan fingerprint density at radius 3 is 2.75 bits per heavy atom. The number of aromatic amines is 1. The number of para-hydroxylation sites is 2. The topological polar surface area (TPSA) is 66.2 Å². The third kappa shape index (κ3) is 2.77. The van der Waals surface area contributed by atoms with Crippen molar-refractivity contribution in [1.82, 2.24) is 9.97 Å². The van der Waals surface area contributed by atoms with E-state index >= 15 is 0 Å². The minimum Gasteiger partial charge on any atom is -0.455 e. The van der Waals surface area contributed by atoms with Gasteiger partial charge in [0.25, 0.3) is 0 Å². The zero-order chi connectivity index (χ0) is 16.4. The van der Waals surface area contributed by atoms with E-state index in [1.54, 1.807) is 30.3 Å². The molecular weight excluding hydrogens is 307 g/mol. The van der Waals surface area contributed by atoms with Crippen molar-refractivity contribution < 1.29 is 8.81 Å². The summed E-state index contributed by atoms with van der Waals surface area (Å²) in [5.41, 5.74) is 5.01. The summed E-state index contributed by atoms with van der Waals surface area (Å²) in [5.74, 6) is 1.18. The third-order valence-electron chi connectivity index (χ3n) is 3.52. The number of halogens is 1. The van der Waals surface area contributed by atoms with Crippen molar-refractivity contribution in [3.05, 3.63) is 72.2 Å². The van der Waals surface area contributed by atoms with Crippen molar-refractivity contribution in [2.75, 3.05) is 5.43 Å². The lowest BCUT2D eigenvalue weighted by atomic mass is 10.1. The summed E-state index contributed by atoms with van der Waals surface area (Å²) in [7, 11) is 0. The van der Waals surface area contributed by atoms with Gasteiger partial charge in [0.2, 0.25) is 5.95 Å². The molecule has 0 unspecified atom stereocenters. The van der Waals surface area contributed by atoms with Crippen LogP contribution in [0.4, 0.5) is 10.3 Å². The predicted octanol–water partition coefficient (Wildman–Crippen LogP) is 4.41. The molecule has 5 nitrogen and oxygen atoms in total. The van der Waals surface area contributed by atoms with E-state index in [4.69, 9.17) is 4.42 Å². The Hall–Kier alpha value is -3.41. The molecule has 0 saturated heterocycles. The Labute approximate surface area is 136 Å². The van der Waals surface area contributed by atoms with Crippen LogP contribution < -0.4 is 5.43 Å². The average molecular weight is 320 g/mol. The number of H-pyrrole nitrogens is 1. The smallest absolute Gasteiger partial charge is 0.222 e. The van der Waals surface area contributed by atoms with Gasteiger partial charge in [0, 0.05) is 0 Å². The second-order valence-electron chi connectivity index (χ2n) is 5.15. The molecule has 2 aromatic carbocycles. The van der Waals surface area contributed by atoms with Crippen molar-refractivity contribution in [1.29, 1.82) is 0 Å². The lowest BCUT2D eigenvalue weighted by Crippen LogP contribution is -1.91. The van der Waals surface area contributed by atoms with E-state index in [9.17, 15) is 4.39 Å². The van der Waals surface area contributed by atoms with Crippen LogP contribution >= 0.6 is 0 Å². The van der Waals surface area contributed by atoms with Gasteiger partial charge in [-0.15, -0.1) is 0 Å². The number of nitrogens with one attached hydrogen (secondary N) is 2. The van der Waals surface area contributed by atoms with E-state index < -0.39 is 0 Å². The summed E-state index contributed by atoms with van der Waals surface area (Å²) in [6.45, 7) is 0. The van der Waals surface area contributed by atoms with Gasteiger partial charge in [-0.05, 0) is 36.4 Å². The van der Waals surface area contributed by atoms with E-state index in [2.05, 4.69) is 20.5 Å². The van der Waals surface area contributed by atoms with Crippen LogP contribution in [0, 0.1) is 5.82 Å². The summed E-state index contributed by atoms with van der Waals surface area (Å²) in [4.78, 5) is 7.45. The lowest BCUT2D eigenvalue weighted by Gasteiger charge is -1.97. The van der Waals surface area contributed by atoms with Gasteiger partial charge in [0.1, 0.15) is 17.3 Å². The number of hydrazone groups is 1. The first-order valence-corrected chi connectivity index (χ1v) is 7.38. The van der Waals surface area contributed by atoms with Gasteiger partial charge in [-0.25, -0.2) is 14.8 Å². The number of anilines is 1. The SMILES string of the molecule is Fc1ccccc1-c1ccc(C=NNc2nc3ccccc3[nH]2)o1.